The Kier molecular flexibility index (Phi) is 5.22. The Balaban J connectivity index is 1.81. The third kappa shape index (κ3) is 3.91. The van der Waals surface area contributed by atoms with Crippen LogP contribution in [0.15, 0.2) is 0 Å². The molecule has 0 aromatic heterocycles. The standard InChI is InChI=1S/C13H26N2O2/c1-15(10-11-9-14-7-8-17-11)12-5-3-2-4-6-13(12)16/h11-14,16H,2-10H2,1H3. The van der Waals surface area contributed by atoms with Gasteiger partial charge < -0.3 is 15.2 Å². The molecule has 0 spiro atoms. The third-order valence-corrected chi connectivity index (χ3v) is 4.01. The van der Waals surface area contributed by atoms with Gasteiger partial charge in [-0.2, -0.15) is 0 Å². The highest BCUT2D eigenvalue weighted by Crippen LogP contribution is 2.22. The predicted octanol–water partition coefficient (Wildman–Crippen LogP) is 0.600. The van der Waals surface area contributed by atoms with Crippen molar-refractivity contribution in [2.45, 2.75) is 50.4 Å². The minimum absolute atomic E-state index is 0.154. The second-order valence-corrected chi connectivity index (χ2v) is 5.41. The summed E-state index contributed by atoms with van der Waals surface area (Å²) in [5.74, 6) is 0. The topological polar surface area (TPSA) is 44.7 Å². The lowest BCUT2D eigenvalue weighted by atomic mass is 10.0. The molecule has 1 saturated heterocycles. The van der Waals surface area contributed by atoms with Crippen molar-refractivity contribution in [2.75, 3.05) is 33.3 Å². The highest BCUT2D eigenvalue weighted by atomic mass is 16.5. The van der Waals surface area contributed by atoms with E-state index in [-0.39, 0.29) is 12.2 Å². The predicted molar refractivity (Wildman–Crippen MR) is 68.1 cm³/mol. The van der Waals surface area contributed by atoms with Crippen molar-refractivity contribution in [3.05, 3.63) is 0 Å². The number of nitrogens with zero attached hydrogens (tertiary/aromatic N) is 1. The molecule has 1 aliphatic heterocycles. The first kappa shape index (κ1) is 13.3. The molecule has 4 nitrogen and oxygen atoms in total. The van der Waals surface area contributed by atoms with Crippen LogP contribution in [0.25, 0.3) is 0 Å². The second-order valence-electron chi connectivity index (χ2n) is 5.41. The molecule has 1 aliphatic carbocycles. The summed E-state index contributed by atoms with van der Waals surface area (Å²) in [5, 5.41) is 13.5. The minimum atomic E-state index is -0.154. The molecule has 17 heavy (non-hydrogen) atoms. The fourth-order valence-electron chi connectivity index (χ4n) is 2.98. The molecule has 100 valence electrons. The van der Waals surface area contributed by atoms with Crippen LogP contribution < -0.4 is 5.32 Å². The van der Waals surface area contributed by atoms with E-state index in [0.29, 0.717) is 6.04 Å². The lowest BCUT2D eigenvalue weighted by Crippen LogP contribution is -2.49. The van der Waals surface area contributed by atoms with Crippen LogP contribution in [0, 0.1) is 0 Å². The second kappa shape index (κ2) is 6.69. The van der Waals surface area contributed by atoms with E-state index in [2.05, 4.69) is 17.3 Å². The minimum Gasteiger partial charge on any atom is -0.391 e. The van der Waals surface area contributed by atoms with Gasteiger partial charge in [0, 0.05) is 25.7 Å². The first-order valence-electron chi connectivity index (χ1n) is 6.98. The molecule has 0 aromatic rings. The molecule has 1 heterocycles. The molecule has 4 heteroatoms. The Hall–Kier alpha value is -0.160. The SMILES string of the molecule is CN(CC1CNCCO1)C1CCCCCC1O. The molecule has 2 aliphatic rings. The van der Waals surface area contributed by atoms with Gasteiger partial charge in [0.05, 0.1) is 18.8 Å². The Morgan fingerprint density at radius 2 is 2.12 bits per heavy atom. The van der Waals surface area contributed by atoms with Gasteiger partial charge in [0.1, 0.15) is 0 Å². The van der Waals surface area contributed by atoms with Gasteiger partial charge in [-0.3, -0.25) is 4.90 Å². The molecule has 1 saturated carbocycles. The highest BCUT2D eigenvalue weighted by Gasteiger charge is 2.27. The summed E-state index contributed by atoms with van der Waals surface area (Å²) in [4.78, 5) is 2.30. The number of aliphatic hydroxyl groups is 1. The Labute approximate surface area is 104 Å². The monoisotopic (exact) mass is 242 g/mol. The average molecular weight is 242 g/mol. The van der Waals surface area contributed by atoms with E-state index in [1.54, 1.807) is 0 Å². The zero-order valence-corrected chi connectivity index (χ0v) is 10.9. The molecule has 3 atom stereocenters. The van der Waals surface area contributed by atoms with Gasteiger partial charge in [-0.1, -0.05) is 19.3 Å². The van der Waals surface area contributed by atoms with Gasteiger partial charge in [-0.15, -0.1) is 0 Å². The van der Waals surface area contributed by atoms with E-state index in [1.165, 1.54) is 19.3 Å². The summed E-state index contributed by atoms with van der Waals surface area (Å²) in [6, 6.07) is 0.322. The van der Waals surface area contributed by atoms with E-state index in [0.717, 1.165) is 39.1 Å². The van der Waals surface area contributed by atoms with E-state index >= 15 is 0 Å². The van der Waals surface area contributed by atoms with Crippen LogP contribution in [-0.4, -0.2) is 61.5 Å². The molecular weight excluding hydrogens is 216 g/mol. The summed E-state index contributed by atoms with van der Waals surface area (Å²) in [6.07, 6.45) is 5.89. The van der Waals surface area contributed by atoms with Crippen LogP contribution in [0.2, 0.25) is 0 Å². The fourth-order valence-corrected chi connectivity index (χ4v) is 2.98. The van der Waals surface area contributed by atoms with Crippen LogP contribution in [0.4, 0.5) is 0 Å². The maximum atomic E-state index is 10.2. The molecule has 0 aromatic carbocycles. The van der Waals surface area contributed by atoms with Crippen LogP contribution in [0.1, 0.15) is 32.1 Å². The van der Waals surface area contributed by atoms with E-state index in [4.69, 9.17) is 4.74 Å². The molecule has 0 radical (unpaired) electrons. The number of hydrogen-bond donors (Lipinski definition) is 2. The molecular formula is C13H26N2O2. The number of morpholine rings is 1. The van der Waals surface area contributed by atoms with Crippen molar-refractivity contribution < 1.29 is 9.84 Å². The van der Waals surface area contributed by atoms with Gasteiger partial charge in [-0.05, 0) is 19.9 Å². The van der Waals surface area contributed by atoms with Crippen LogP contribution in [0.5, 0.6) is 0 Å². The van der Waals surface area contributed by atoms with E-state index in [9.17, 15) is 5.11 Å². The molecule has 2 fully saturated rings. The zero-order valence-electron chi connectivity index (χ0n) is 10.9. The van der Waals surface area contributed by atoms with Crippen molar-refractivity contribution in [3.63, 3.8) is 0 Å². The van der Waals surface area contributed by atoms with Crippen LogP contribution >= 0.6 is 0 Å². The number of nitrogens with one attached hydrogen (secondary N) is 1. The summed E-state index contributed by atoms with van der Waals surface area (Å²) >= 11 is 0. The number of ether oxygens (including phenoxy) is 1. The van der Waals surface area contributed by atoms with Gasteiger partial charge in [0.15, 0.2) is 0 Å². The summed E-state index contributed by atoms with van der Waals surface area (Å²) in [6.45, 7) is 3.64. The molecule has 2 N–H and O–H groups in total. The smallest absolute Gasteiger partial charge is 0.0826 e. The van der Waals surface area contributed by atoms with Crippen molar-refractivity contribution in [1.29, 1.82) is 0 Å². The molecule has 3 unspecified atom stereocenters. The number of rotatable bonds is 3. The summed E-state index contributed by atoms with van der Waals surface area (Å²) < 4.78 is 5.72. The van der Waals surface area contributed by atoms with Crippen molar-refractivity contribution in [1.82, 2.24) is 10.2 Å². The Morgan fingerprint density at radius 3 is 2.88 bits per heavy atom. The number of hydrogen-bond acceptors (Lipinski definition) is 4. The maximum absolute atomic E-state index is 10.2. The lowest BCUT2D eigenvalue weighted by molar-refractivity contribution is -0.0159. The quantitative estimate of drug-likeness (QED) is 0.711. The van der Waals surface area contributed by atoms with Crippen LogP contribution in [-0.2, 0) is 4.74 Å². The van der Waals surface area contributed by atoms with Crippen molar-refractivity contribution in [3.8, 4) is 0 Å². The Morgan fingerprint density at radius 1 is 1.29 bits per heavy atom. The first-order valence-corrected chi connectivity index (χ1v) is 6.98. The summed E-state index contributed by atoms with van der Waals surface area (Å²) in [7, 11) is 2.12. The lowest BCUT2D eigenvalue weighted by Gasteiger charge is -2.34. The molecule has 0 amide bonds. The highest BCUT2D eigenvalue weighted by molar-refractivity contribution is 4.82. The van der Waals surface area contributed by atoms with E-state index in [1.807, 2.05) is 0 Å². The van der Waals surface area contributed by atoms with Gasteiger partial charge >= 0.3 is 0 Å². The average Bonchev–Trinajstić information content (AvgIpc) is 2.55. The molecule has 0 bridgehead atoms. The molecule has 2 rings (SSSR count). The largest absolute Gasteiger partial charge is 0.391 e. The van der Waals surface area contributed by atoms with E-state index < -0.39 is 0 Å². The first-order chi connectivity index (χ1) is 8.27. The zero-order chi connectivity index (χ0) is 12.1. The van der Waals surface area contributed by atoms with Crippen molar-refractivity contribution in [2.24, 2.45) is 0 Å². The number of likely N-dealkylation sites (N-methyl/N-ethyl adjacent to an activating group) is 1. The fraction of sp³-hybridized carbons (Fsp3) is 1.00. The summed E-state index contributed by atoms with van der Waals surface area (Å²) in [5.41, 5.74) is 0. The van der Waals surface area contributed by atoms with Crippen LogP contribution in [0.3, 0.4) is 0 Å². The third-order valence-electron chi connectivity index (χ3n) is 4.01. The Bertz CT molecular complexity index is 219. The van der Waals surface area contributed by atoms with Crippen molar-refractivity contribution >= 4 is 0 Å². The normalized spacial score (nSPS) is 35.8. The van der Waals surface area contributed by atoms with Gasteiger partial charge in [0.2, 0.25) is 0 Å². The number of aliphatic hydroxyl groups excluding tert-OH is 1. The maximum Gasteiger partial charge on any atom is 0.0826 e. The van der Waals surface area contributed by atoms with Gasteiger partial charge in [0.25, 0.3) is 0 Å². The van der Waals surface area contributed by atoms with Gasteiger partial charge in [-0.25, -0.2) is 0 Å².